The van der Waals surface area contributed by atoms with Crippen molar-refractivity contribution >= 4 is 0 Å². The second kappa shape index (κ2) is 7.55. The van der Waals surface area contributed by atoms with E-state index in [2.05, 4.69) is 26.9 Å². The average molecular weight is 349 g/mol. The van der Waals surface area contributed by atoms with Gasteiger partial charge < -0.3 is 4.74 Å². The first kappa shape index (κ1) is 18.8. The highest BCUT2D eigenvalue weighted by Gasteiger charge is 2.53. The highest BCUT2D eigenvalue weighted by molar-refractivity contribution is 5.29. The Kier molecular flexibility index (Phi) is 5.67. The van der Waals surface area contributed by atoms with Crippen LogP contribution in [-0.4, -0.2) is 21.4 Å². The van der Waals surface area contributed by atoms with E-state index in [9.17, 15) is 14.0 Å². The van der Waals surface area contributed by atoms with Gasteiger partial charge in [-0.15, -0.1) is 0 Å². The van der Waals surface area contributed by atoms with Crippen molar-refractivity contribution in [3.8, 4) is 11.8 Å². The number of azide groups is 1. The number of rotatable bonds is 4. The molecule has 0 radical (unpaired) electrons. The van der Waals surface area contributed by atoms with Gasteiger partial charge in [0.1, 0.15) is 5.56 Å². The smallest absolute Gasteiger partial charge is 0.330 e. The van der Waals surface area contributed by atoms with E-state index in [4.69, 9.17) is 10.3 Å². The number of hydrogen-bond acceptors (Lipinski definition) is 4. The van der Waals surface area contributed by atoms with Crippen LogP contribution in [0.5, 0.6) is 0 Å². The highest BCUT2D eigenvalue weighted by Crippen LogP contribution is 2.45. The molecular weight excluding hydrogens is 329 g/mol. The van der Waals surface area contributed by atoms with Gasteiger partial charge in [-0.05, 0) is 18.4 Å². The number of hydrogen-bond donors (Lipinski definition) is 1. The Morgan fingerprint density at radius 1 is 1.52 bits per heavy atom. The third-order valence-electron chi connectivity index (χ3n) is 4.35. The molecule has 25 heavy (non-hydrogen) atoms. The average Bonchev–Trinajstić information content (AvgIpc) is 2.83. The highest BCUT2D eigenvalue weighted by atomic mass is 19.1. The van der Waals surface area contributed by atoms with Crippen molar-refractivity contribution < 1.29 is 9.13 Å². The maximum atomic E-state index is 14.8. The van der Waals surface area contributed by atoms with Crippen LogP contribution in [0, 0.1) is 17.8 Å². The molecule has 0 amide bonds. The minimum Gasteiger partial charge on any atom is -0.342 e. The maximum absolute atomic E-state index is 14.8. The number of H-pyrrole nitrogens is 1. The maximum Gasteiger partial charge on any atom is 0.330 e. The molecule has 2 rings (SSSR count). The molecule has 134 valence electrons. The lowest BCUT2D eigenvalue weighted by Gasteiger charge is -2.25. The third-order valence-corrected chi connectivity index (χ3v) is 4.35. The fraction of sp³-hybridized carbons (Fsp3) is 0.625. The van der Waals surface area contributed by atoms with Crippen LogP contribution in [0.3, 0.4) is 0 Å². The van der Waals surface area contributed by atoms with Crippen molar-refractivity contribution in [2.24, 2.45) is 11.0 Å². The normalized spacial score (nSPS) is 28.1. The van der Waals surface area contributed by atoms with E-state index in [-0.39, 0.29) is 12.0 Å². The zero-order valence-corrected chi connectivity index (χ0v) is 14.3. The number of nitrogens with one attached hydrogen (secondary N) is 1. The van der Waals surface area contributed by atoms with Crippen molar-refractivity contribution in [1.29, 1.82) is 0 Å². The molecule has 1 aromatic heterocycles. The molecule has 0 spiro atoms. The van der Waals surface area contributed by atoms with E-state index >= 15 is 0 Å². The number of aromatic nitrogens is 2. The molecule has 0 unspecified atom stereocenters. The van der Waals surface area contributed by atoms with Crippen LogP contribution in [0.15, 0.2) is 20.9 Å². The number of ether oxygens (including phenoxy) is 1. The second-order valence-electron chi connectivity index (χ2n) is 5.89. The Labute approximate surface area is 143 Å². The number of halogens is 1. The first-order valence-corrected chi connectivity index (χ1v) is 8.12. The molecule has 1 saturated heterocycles. The predicted octanol–water partition coefficient (Wildman–Crippen LogP) is 2.61. The van der Waals surface area contributed by atoms with Gasteiger partial charge in [-0.2, -0.15) is 0 Å². The number of nitrogens with zero attached hydrogens (tertiary/aromatic N) is 4. The molecule has 1 aliphatic heterocycles. The van der Waals surface area contributed by atoms with Crippen molar-refractivity contribution in [1.82, 2.24) is 9.55 Å². The summed E-state index contributed by atoms with van der Waals surface area (Å²) >= 11 is 0. The van der Waals surface area contributed by atoms with Gasteiger partial charge in [-0.3, -0.25) is 14.3 Å². The molecule has 1 fully saturated rings. The summed E-state index contributed by atoms with van der Waals surface area (Å²) in [6.45, 7) is 5.21. The van der Waals surface area contributed by atoms with E-state index in [0.717, 1.165) is 11.0 Å². The monoisotopic (exact) mass is 349 g/mol. The fourth-order valence-electron chi connectivity index (χ4n) is 2.80. The molecule has 2 heterocycles. The van der Waals surface area contributed by atoms with Gasteiger partial charge in [0.05, 0.1) is 0 Å². The lowest BCUT2D eigenvalue weighted by Crippen LogP contribution is -2.36. The molecule has 0 aromatic carbocycles. The summed E-state index contributed by atoms with van der Waals surface area (Å²) in [5, 5.41) is 3.61. The summed E-state index contributed by atoms with van der Waals surface area (Å²) in [6.07, 6.45) is -0.0451. The van der Waals surface area contributed by atoms with Gasteiger partial charge in [-0.1, -0.05) is 37.7 Å². The van der Waals surface area contributed by atoms with Crippen LogP contribution in [0.1, 0.15) is 51.8 Å². The van der Waals surface area contributed by atoms with Gasteiger partial charge in [0.15, 0.2) is 18.1 Å². The molecule has 0 aliphatic carbocycles. The quantitative estimate of drug-likeness (QED) is 0.390. The van der Waals surface area contributed by atoms with Gasteiger partial charge >= 0.3 is 5.69 Å². The Morgan fingerprint density at radius 2 is 2.24 bits per heavy atom. The van der Waals surface area contributed by atoms with E-state index in [1.807, 2.05) is 6.92 Å². The van der Waals surface area contributed by atoms with Crippen LogP contribution in [0.4, 0.5) is 4.39 Å². The Bertz CT molecular complexity index is 861. The summed E-state index contributed by atoms with van der Waals surface area (Å²) in [5.41, 5.74) is 5.98. The lowest BCUT2D eigenvalue weighted by molar-refractivity contribution is -0.0878. The summed E-state index contributed by atoms with van der Waals surface area (Å²) in [4.78, 5) is 28.9. The molecule has 8 nitrogen and oxygen atoms in total. The van der Waals surface area contributed by atoms with E-state index in [1.54, 1.807) is 13.8 Å². The first-order chi connectivity index (χ1) is 11.9. The van der Waals surface area contributed by atoms with Gasteiger partial charge in [0, 0.05) is 23.4 Å². The summed E-state index contributed by atoms with van der Waals surface area (Å²) in [7, 11) is 0. The van der Waals surface area contributed by atoms with Gasteiger partial charge in [-0.25, -0.2) is 9.18 Å². The van der Waals surface area contributed by atoms with Crippen LogP contribution in [0.2, 0.25) is 0 Å². The van der Waals surface area contributed by atoms with Crippen molar-refractivity contribution in [2.45, 2.75) is 58.2 Å². The van der Waals surface area contributed by atoms with E-state index in [0.29, 0.717) is 6.42 Å². The zero-order chi connectivity index (χ0) is 18.6. The van der Waals surface area contributed by atoms with Crippen LogP contribution >= 0.6 is 0 Å². The predicted molar refractivity (Wildman–Crippen MR) is 89.5 cm³/mol. The molecule has 0 saturated carbocycles. The third kappa shape index (κ3) is 3.45. The molecule has 1 N–H and O–H groups in total. The summed E-state index contributed by atoms with van der Waals surface area (Å²) in [6, 6.07) is 0. The van der Waals surface area contributed by atoms with E-state index < -0.39 is 35.3 Å². The first-order valence-electron chi connectivity index (χ1n) is 8.12. The van der Waals surface area contributed by atoms with Crippen LogP contribution in [0.25, 0.3) is 10.4 Å². The van der Waals surface area contributed by atoms with Crippen molar-refractivity contribution in [2.75, 3.05) is 0 Å². The number of aromatic amines is 1. The molecular formula is C16H20FN5O3. The molecule has 9 heteroatoms. The Balaban J connectivity index is 2.50. The largest absolute Gasteiger partial charge is 0.342 e. The van der Waals surface area contributed by atoms with Crippen LogP contribution < -0.4 is 11.2 Å². The molecule has 1 aromatic rings. The summed E-state index contributed by atoms with van der Waals surface area (Å²) in [5.74, 6) is 4.73. The van der Waals surface area contributed by atoms with Gasteiger partial charge in [0.25, 0.3) is 5.56 Å². The Morgan fingerprint density at radius 3 is 2.84 bits per heavy atom. The minimum absolute atomic E-state index is 0.0503. The molecule has 0 bridgehead atoms. The fourth-order valence-corrected chi connectivity index (χ4v) is 2.80. The second-order valence-corrected chi connectivity index (χ2v) is 5.89. The number of unbranched alkanes of at least 4 members (excludes halogenated alkanes) is 1. The Hall–Kier alpha value is -2.56. The molecule has 4 atom stereocenters. The topological polar surface area (TPSA) is 113 Å². The molecule has 1 aliphatic rings. The SMILES string of the molecule is CCCC#Cc1cn([C@@H]2O[C@@](CC)(N=[N+]=[N-])[C@@H](C)[C@@H]2F)c(=O)[nH]c1=O. The van der Waals surface area contributed by atoms with E-state index in [1.165, 1.54) is 6.20 Å². The van der Waals surface area contributed by atoms with Crippen molar-refractivity contribution in [3.63, 3.8) is 0 Å². The van der Waals surface area contributed by atoms with Gasteiger partial charge in [0.2, 0.25) is 0 Å². The minimum atomic E-state index is -1.59. The van der Waals surface area contributed by atoms with Crippen molar-refractivity contribution in [3.05, 3.63) is 43.0 Å². The standard InChI is InChI=1S/C16H20FN5O3/c1-4-6-7-8-11-9-22(15(24)19-13(11)23)14-12(17)10(3)16(5-2,25-14)20-21-18/h9-10,12,14H,4-6H2,1-3H3,(H,19,23,24)/t10-,12-,14+,16+/m0/s1. The number of alkyl halides is 1. The lowest BCUT2D eigenvalue weighted by atomic mass is 9.94. The summed E-state index contributed by atoms with van der Waals surface area (Å²) < 4.78 is 21.4. The zero-order valence-electron chi connectivity index (χ0n) is 14.3. The van der Waals surface area contributed by atoms with Crippen LogP contribution in [-0.2, 0) is 4.74 Å².